The van der Waals surface area contributed by atoms with Gasteiger partial charge in [-0.15, -0.1) is 0 Å². The quantitative estimate of drug-likeness (QED) is 0.937. The fraction of sp³-hybridized carbons (Fsp3) is 0.294. The first-order valence-electron chi connectivity index (χ1n) is 7.51. The molecule has 2 aromatic carbocycles. The van der Waals surface area contributed by atoms with Crippen LogP contribution >= 0.6 is 0 Å². The Morgan fingerprint density at radius 3 is 2.61 bits per heavy atom. The Morgan fingerprint density at radius 1 is 1.13 bits per heavy atom. The van der Waals surface area contributed by atoms with Gasteiger partial charge >= 0.3 is 0 Å². The van der Waals surface area contributed by atoms with Crippen LogP contribution in [0.4, 0.5) is 5.69 Å². The molecule has 0 radical (unpaired) electrons. The van der Waals surface area contributed by atoms with Gasteiger partial charge in [-0.1, -0.05) is 30.3 Å². The molecule has 2 aromatic rings. The molecule has 0 amide bonds. The molecule has 0 spiro atoms. The molecule has 0 aromatic heterocycles. The Balaban J connectivity index is 2.15. The molecule has 0 fully saturated rings. The summed E-state index contributed by atoms with van der Waals surface area (Å²) in [6.07, 6.45) is 0. The average Bonchev–Trinajstić information content (AvgIpc) is 2.75. The zero-order chi connectivity index (χ0) is 16.4. The van der Waals surface area contributed by atoms with Gasteiger partial charge in [-0.05, 0) is 30.7 Å². The standard InChI is InChI=1S/C17H20N2O3S/c1-13-12-19(15-8-4-3-7-14(15)11-18-13)23(20,21)17-10-6-5-9-16(17)22-2/h3-10,13,18H,11-12H2,1-2H3. The van der Waals surface area contributed by atoms with Crippen molar-refractivity contribution in [2.75, 3.05) is 18.0 Å². The minimum Gasteiger partial charge on any atom is -0.495 e. The van der Waals surface area contributed by atoms with E-state index in [1.54, 1.807) is 24.3 Å². The van der Waals surface area contributed by atoms with E-state index in [1.165, 1.54) is 11.4 Å². The number of hydrogen-bond donors (Lipinski definition) is 1. The van der Waals surface area contributed by atoms with Gasteiger partial charge in [0.25, 0.3) is 10.0 Å². The SMILES string of the molecule is COc1ccccc1S(=O)(=O)N1CC(C)NCc2ccccc21. The number of para-hydroxylation sites is 2. The van der Waals surface area contributed by atoms with Gasteiger partial charge in [0.2, 0.25) is 0 Å². The van der Waals surface area contributed by atoms with Crippen molar-refractivity contribution in [2.45, 2.75) is 24.4 Å². The van der Waals surface area contributed by atoms with Crippen LogP contribution in [0.15, 0.2) is 53.4 Å². The Hall–Kier alpha value is -2.05. The van der Waals surface area contributed by atoms with Crippen LogP contribution in [0.1, 0.15) is 12.5 Å². The van der Waals surface area contributed by atoms with E-state index in [2.05, 4.69) is 5.32 Å². The van der Waals surface area contributed by atoms with E-state index >= 15 is 0 Å². The molecule has 0 saturated heterocycles. The number of ether oxygens (including phenoxy) is 1. The highest BCUT2D eigenvalue weighted by atomic mass is 32.2. The topological polar surface area (TPSA) is 58.6 Å². The number of sulfonamides is 1. The van der Waals surface area contributed by atoms with E-state index in [0.717, 1.165) is 11.3 Å². The lowest BCUT2D eigenvalue weighted by atomic mass is 10.2. The fourth-order valence-electron chi connectivity index (χ4n) is 2.78. The molecular formula is C17H20N2O3S. The number of fused-ring (bicyclic) bond motifs is 1. The predicted molar refractivity (Wildman–Crippen MR) is 90.3 cm³/mol. The van der Waals surface area contributed by atoms with Crippen molar-refractivity contribution in [2.24, 2.45) is 0 Å². The average molecular weight is 332 g/mol. The minimum atomic E-state index is -3.71. The maximum Gasteiger partial charge on any atom is 0.268 e. The number of methoxy groups -OCH3 is 1. The summed E-state index contributed by atoms with van der Waals surface area (Å²) in [6, 6.07) is 14.3. The summed E-state index contributed by atoms with van der Waals surface area (Å²) in [5.74, 6) is 0.356. The van der Waals surface area contributed by atoms with Gasteiger partial charge in [-0.3, -0.25) is 4.31 Å². The van der Waals surface area contributed by atoms with Gasteiger partial charge in [0, 0.05) is 19.1 Å². The highest BCUT2D eigenvalue weighted by molar-refractivity contribution is 7.93. The Labute approximate surface area is 136 Å². The molecule has 23 heavy (non-hydrogen) atoms. The predicted octanol–water partition coefficient (Wildman–Crippen LogP) is 2.38. The first-order valence-corrected chi connectivity index (χ1v) is 8.95. The van der Waals surface area contributed by atoms with Crippen LogP contribution in [0.2, 0.25) is 0 Å². The fourth-order valence-corrected chi connectivity index (χ4v) is 4.53. The van der Waals surface area contributed by atoms with Crippen LogP contribution in [-0.2, 0) is 16.6 Å². The Bertz CT molecular complexity index is 805. The van der Waals surface area contributed by atoms with Crippen LogP contribution in [0.25, 0.3) is 0 Å². The van der Waals surface area contributed by atoms with E-state index in [4.69, 9.17) is 4.74 Å². The zero-order valence-electron chi connectivity index (χ0n) is 13.2. The highest BCUT2D eigenvalue weighted by Gasteiger charge is 2.31. The third-order valence-electron chi connectivity index (χ3n) is 3.98. The van der Waals surface area contributed by atoms with E-state index in [1.807, 2.05) is 31.2 Å². The summed E-state index contributed by atoms with van der Waals surface area (Å²) in [4.78, 5) is 0.186. The zero-order valence-corrected chi connectivity index (χ0v) is 14.0. The van der Waals surface area contributed by atoms with Crippen molar-refractivity contribution in [1.29, 1.82) is 0 Å². The van der Waals surface area contributed by atoms with Crippen LogP contribution in [0.5, 0.6) is 5.75 Å². The van der Waals surface area contributed by atoms with Gasteiger partial charge in [0.1, 0.15) is 10.6 Å². The van der Waals surface area contributed by atoms with Crippen molar-refractivity contribution in [3.8, 4) is 5.75 Å². The maximum absolute atomic E-state index is 13.2. The lowest BCUT2D eigenvalue weighted by Crippen LogP contribution is -2.39. The van der Waals surface area contributed by atoms with Crippen molar-refractivity contribution in [1.82, 2.24) is 5.32 Å². The second-order valence-electron chi connectivity index (χ2n) is 5.60. The van der Waals surface area contributed by atoms with Gasteiger partial charge in [0.15, 0.2) is 0 Å². The molecule has 0 aliphatic carbocycles. The van der Waals surface area contributed by atoms with Crippen molar-refractivity contribution < 1.29 is 13.2 Å². The van der Waals surface area contributed by atoms with E-state index in [-0.39, 0.29) is 10.9 Å². The lowest BCUT2D eigenvalue weighted by Gasteiger charge is -2.26. The Morgan fingerprint density at radius 2 is 1.83 bits per heavy atom. The van der Waals surface area contributed by atoms with Crippen LogP contribution < -0.4 is 14.4 Å². The van der Waals surface area contributed by atoms with Gasteiger partial charge in [-0.2, -0.15) is 0 Å². The summed E-state index contributed by atoms with van der Waals surface area (Å²) in [5, 5.41) is 3.35. The van der Waals surface area contributed by atoms with E-state index < -0.39 is 10.0 Å². The molecule has 6 heteroatoms. The minimum absolute atomic E-state index is 0.0480. The first kappa shape index (κ1) is 15.8. The summed E-state index contributed by atoms with van der Waals surface area (Å²) >= 11 is 0. The second kappa shape index (κ2) is 6.22. The third kappa shape index (κ3) is 2.92. The molecule has 1 aliphatic heterocycles. The number of nitrogens with zero attached hydrogens (tertiary/aromatic N) is 1. The molecule has 1 atom stereocenters. The molecule has 122 valence electrons. The monoisotopic (exact) mass is 332 g/mol. The number of rotatable bonds is 3. The molecular weight excluding hydrogens is 312 g/mol. The summed E-state index contributed by atoms with van der Waals surface area (Å²) in [5.41, 5.74) is 1.69. The largest absolute Gasteiger partial charge is 0.495 e. The smallest absolute Gasteiger partial charge is 0.268 e. The van der Waals surface area contributed by atoms with Crippen LogP contribution in [0, 0.1) is 0 Å². The van der Waals surface area contributed by atoms with Gasteiger partial charge < -0.3 is 10.1 Å². The van der Waals surface area contributed by atoms with E-state index in [9.17, 15) is 8.42 Å². The third-order valence-corrected chi connectivity index (χ3v) is 5.80. The van der Waals surface area contributed by atoms with Crippen molar-refractivity contribution in [3.63, 3.8) is 0 Å². The molecule has 5 nitrogen and oxygen atoms in total. The van der Waals surface area contributed by atoms with Crippen LogP contribution in [0.3, 0.4) is 0 Å². The summed E-state index contributed by atoms with van der Waals surface area (Å²) < 4.78 is 33.2. The Kier molecular flexibility index (Phi) is 4.28. The molecule has 1 N–H and O–H groups in total. The number of benzene rings is 2. The molecule has 1 heterocycles. The van der Waals surface area contributed by atoms with Crippen molar-refractivity contribution in [3.05, 3.63) is 54.1 Å². The van der Waals surface area contributed by atoms with Crippen molar-refractivity contribution >= 4 is 15.7 Å². The molecule has 3 rings (SSSR count). The number of anilines is 1. The van der Waals surface area contributed by atoms with Gasteiger partial charge in [0.05, 0.1) is 12.8 Å². The van der Waals surface area contributed by atoms with Gasteiger partial charge in [-0.25, -0.2) is 8.42 Å². The number of nitrogens with one attached hydrogen (secondary N) is 1. The van der Waals surface area contributed by atoms with E-state index in [0.29, 0.717) is 18.8 Å². The first-order chi connectivity index (χ1) is 11.0. The molecule has 0 bridgehead atoms. The number of hydrogen-bond acceptors (Lipinski definition) is 4. The normalized spacial score (nSPS) is 18.2. The molecule has 1 unspecified atom stereocenters. The summed E-state index contributed by atoms with van der Waals surface area (Å²) in [6.45, 7) is 3.00. The second-order valence-corrected chi connectivity index (χ2v) is 7.43. The highest BCUT2D eigenvalue weighted by Crippen LogP contribution is 2.32. The molecule has 0 saturated carbocycles. The summed E-state index contributed by atoms with van der Waals surface area (Å²) in [7, 11) is -2.23. The maximum atomic E-state index is 13.2. The lowest BCUT2D eigenvalue weighted by molar-refractivity contribution is 0.402. The molecule has 1 aliphatic rings. The van der Waals surface area contributed by atoms with Crippen LogP contribution in [-0.4, -0.2) is 28.1 Å².